The van der Waals surface area contributed by atoms with Gasteiger partial charge < -0.3 is 14.2 Å². The average Bonchev–Trinajstić information content (AvgIpc) is 2.83. The molecule has 9 nitrogen and oxygen atoms in total. The Bertz CT molecular complexity index is 979. The first kappa shape index (κ1) is 26.1. The van der Waals surface area contributed by atoms with Crippen LogP contribution in [0.3, 0.4) is 0 Å². The van der Waals surface area contributed by atoms with Gasteiger partial charge in [-0.1, -0.05) is 44.3 Å². The molecular weight excluding hydrogens is 420 g/mol. The highest BCUT2D eigenvalue weighted by atomic mass is 17.1. The highest BCUT2D eigenvalue weighted by molar-refractivity contribution is 6.07. The van der Waals surface area contributed by atoms with Crippen molar-refractivity contribution in [2.45, 2.75) is 13.3 Å². The Hall–Kier alpha value is -3.98. The zero-order chi connectivity index (χ0) is 23.9. The minimum Gasteiger partial charge on any atom is -0.463 e. The van der Waals surface area contributed by atoms with E-state index in [1.54, 1.807) is 24.3 Å². The van der Waals surface area contributed by atoms with Gasteiger partial charge in [-0.05, 0) is 29.3 Å². The van der Waals surface area contributed by atoms with Crippen LogP contribution in [0.2, 0.25) is 0 Å². The molecule has 0 saturated heterocycles. The molecule has 2 rings (SSSR count). The topological polar surface area (TPSA) is 125 Å². The fourth-order valence-electron chi connectivity index (χ4n) is 2.30. The van der Waals surface area contributed by atoms with Gasteiger partial charge in [0.15, 0.2) is 0 Å². The van der Waals surface area contributed by atoms with Gasteiger partial charge in [-0.25, -0.2) is 19.2 Å². The number of hydrogen-bond acceptors (Lipinski definition) is 9. The normalized spacial score (nSPS) is 9.56. The zero-order valence-corrected chi connectivity index (χ0v) is 17.6. The van der Waals surface area contributed by atoms with E-state index in [-0.39, 0.29) is 30.3 Å². The number of carbonyl (C=O) groups is 4. The maximum atomic E-state index is 12.2. The number of rotatable bonds is 9. The molecule has 0 spiro atoms. The van der Waals surface area contributed by atoms with Gasteiger partial charge in [0.2, 0.25) is 0 Å². The van der Waals surface area contributed by atoms with E-state index in [1.807, 2.05) is 6.92 Å². The van der Waals surface area contributed by atoms with E-state index in [2.05, 4.69) is 27.5 Å². The Labute approximate surface area is 184 Å². The largest absolute Gasteiger partial charge is 0.463 e. The lowest BCUT2D eigenvalue weighted by Crippen LogP contribution is -2.16. The Morgan fingerprint density at radius 1 is 0.812 bits per heavy atom. The summed E-state index contributed by atoms with van der Waals surface area (Å²) in [5.41, 5.74) is -0.202. The molecule has 0 aliphatic heterocycles. The molecular formula is C23H24O9. The number of hydrogen-bond donors (Lipinski definition) is 1. The second-order valence-electron chi connectivity index (χ2n) is 6.00. The molecule has 1 N–H and O–H groups in total. The van der Waals surface area contributed by atoms with Gasteiger partial charge in [0.05, 0.1) is 17.7 Å². The summed E-state index contributed by atoms with van der Waals surface area (Å²) in [6.45, 7) is 8.56. The molecule has 0 heterocycles. The molecule has 170 valence electrons. The molecule has 0 atom stereocenters. The van der Waals surface area contributed by atoms with Crippen molar-refractivity contribution in [3.8, 4) is 0 Å². The van der Waals surface area contributed by atoms with Crippen molar-refractivity contribution >= 4 is 34.6 Å². The molecule has 0 radical (unpaired) electrons. The number of fused-ring (bicyclic) bond motifs is 1. The van der Waals surface area contributed by atoms with Gasteiger partial charge in [-0.2, -0.15) is 5.26 Å². The number of carbonyl (C=O) groups excluding carboxylic acids is 4. The lowest BCUT2D eigenvalue weighted by atomic mass is 10.0. The van der Waals surface area contributed by atoms with Crippen LogP contribution < -0.4 is 0 Å². The molecule has 0 fully saturated rings. The quantitative estimate of drug-likeness (QED) is 0.154. The van der Waals surface area contributed by atoms with Crippen molar-refractivity contribution in [1.82, 2.24) is 0 Å². The molecule has 0 unspecified atom stereocenters. The van der Waals surface area contributed by atoms with Gasteiger partial charge in [-0.15, -0.1) is 0 Å². The van der Waals surface area contributed by atoms with E-state index < -0.39 is 17.9 Å². The smallest absolute Gasteiger partial charge is 0.373 e. The molecule has 0 bridgehead atoms. The third kappa shape index (κ3) is 8.41. The van der Waals surface area contributed by atoms with Crippen LogP contribution in [0.1, 0.15) is 34.1 Å². The molecule has 32 heavy (non-hydrogen) atoms. The monoisotopic (exact) mass is 444 g/mol. The summed E-state index contributed by atoms with van der Waals surface area (Å²) in [4.78, 5) is 48.7. The third-order valence-corrected chi connectivity index (χ3v) is 3.75. The first-order chi connectivity index (χ1) is 15.4. The predicted molar refractivity (Wildman–Crippen MR) is 115 cm³/mol. The second kappa shape index (κ2) is 14.1. The van der Waals surface area contributed by atoms with Crippen LogP contribution in [0.25, 0.3) is 10.8 Å². The summed E-state index contributed by atoms with van der Waals surface area (Å²) < 4.78 is 14.2. The van der Waals surface area contributed by atoms with E-state index in [1.165, 1.54) is 12.1 Å². The van der Waals surface area contributed by atoms with E-state index in [9.17, 15) is 19.2 Å². The van der Waals surface area contributed by atoms with Crippen LogP contribution in [0, 0.1) is 0 Å². The molecule has 9 heteroatoms. The lowest BCUT2D eigenvalue weighted by Gasteiger charge is -2.09. The first-order valence-electron chi connectivity index (χ1n) is 9.51. The molecule has 2 aromatic carbocycles. The van der Waals surface area contributed by atoms with Crippen LogP contribution in [0.15, 0.2) is 61.7 Å². The summed E-state index contributed by atoms with van der Waals surface area (Å²) in [6, 6.07) is 9.92. The van der Waals surface area contributed by atoms with Crippen molar-refractivity contribution in [1.29, 1.82) is 0 Å². The summed E-state index contributed by atoms with van der Waals surface area (Å²) in [6.07, 6.45) is 3.01. The fourth-order valence-corrected chi connectivity index (χ4v) is 2.30. The van der Waals surface area contributed by atoms with Crippen molar-refractivity contribution in [3.63, 3.8) is 0 Å². The van der Waals surface area contributed by atoms with Crippen molar-refractivity contribution < 1.29 is 43.5 Å². The van der Waals surface area contributed by atoms with Crippen LogP contribution in [0.4, 0.5) is 0 Å². The van der Waals surface area contributed by atoms with E-state index in [0.717, 1.165) is 18.6 Å². The maximum absolute atomic E-state index is 12.2. The summed E-state index contributed by atoms with van der Waals surface area (Å²) in [5, 5.41) is 10.00. The summed E-state index contributed by atoms with van der Waals surface area (Å²) >= 11 is 0. The van der Waals surface area contributed by atoms with Gasteiger partial charge in [0.1, 0.15) is 13.2 Å². The molecule has 0 aliphatic carbocycles. The lowest BCUT2D eigenvalue weighted by molar-refractivity contribution is -0.182. The third-order valence-electron chi connectivity index (χ3n) is 3.75. The highest BCUT2D eigenvalue weighted by Gasteiger charge is 2.21. The Kier molecular flexibility index (Phi) is 11.5. The van der Waals surface area contributed by atoms with Crippen LogP contribution in [-0.4, -0.2) is 49.0 Å². The first-order valence-corrected chi connectivity index (χ1v) is 9.51. The minimum absolute atomic E-state index is 0.0669. The number of ether oxygens (including phenoxy) is 3. The summed E-state index contributed by atoms with van der Waals surface area (Å²) in [7, 11) is 0. The molecule has 0 aliphatic rings. The Morgan fingerprint density at radius 3 is 1.75 bits per heavy atom. The number of benzene rings is 2. The highest BCUT2D eigenvalue weighted by Crippen LogP contribution is 2.21. The Balaban J connectivity index is 0.000000547. The van der Waals surface area contributed by atoms with Gasteiger partial charge >= 0.3 is 23.9 Å². The van der Waals surface area contributed by atoms with Crippen molar-refractivity contribution in [3.05, 3.63) is 72.8 Å². The summed E-state index contributed by atoms with van der Waals surface area (Å²) in [5.74, 6) is -2.87. The Morgan fingerprint density at radius 2 is 1.28 bits per heavy atom. The van der Waals surface area contributed by atoms with Gasteiger partial charge in [0, 0.05) is 12.2 Å². The molecule has 0 amide bonds. The molecule has 2 aromatic rings. The van der Waals surface area contributed by atoms with E-state index in [0.29, 0.717) is 17.4 Å². The molecule has 0 saturated carbocycles. The van der Waals surface area contributed by atoms with E-state index in [4.69, 9.17) is 9.99 Å². The second-order valence-corrected chi connectivity index (χ2v) is 6.00. The van der Waals surface area contributed by atoms with Crippen LogP contribution in [-0.2, 0) is 28.7 Å². The molecule has 0 aromatic heterocycles. The predicted octanol–water partition coefficient (Wildman–Crippen LogP) is 3.48. The maximum Gasteiger partial charge on any atom is 0.373 e. The van der Waals surface area contributed by atoms with E-state index >= 15 is 0 Å². The van der Waals surface area contributed by atoms with Gasteiger partial charge in [0.25, 0.3) is 0 Å². The van der Waals surface area contributed by atoms with Crippen molar-refractivity contribution in [2.75, 3.05) is 19.8 Å². The van der Waals surface area contributed by atoms with Crippen molar-refractivity contribution in [2.24, 2.45) is 0 Å². The zero-order valence-electron chi connectivity index (χ0n) is 17.6. The van der Waals surface area contributed by atoms with Crippen LogP contribution in [0.5, 0.6) is 0 Å². The van der Waals surface area contributed by atoms with Crippen LogP contribution >= 0.6 is 0 Å². The minimum atomic E-state index is -1.08. The average molecular weight is 444 g/mol. The number of esters is 3. The van der Waals surface area contributed by atoms with Gasteiger partial charge in [-0.3, -0.25) is 4.89 Å². The fraction of sp³-hybridized carbons (Fsp3) is 0.217. The standard InChI is InChI=1S/C17H14O7.C6H10O2/c1-2-15(18)22-7-8-23-16(19)13-9-11-5-3-4-6-12(11)10-14(13)17(20)24-21;1-3-5-8-6(7)4-2/h2-6,9-10,21H,1,7-8H2;4H,2-3,5H2,1H3. The SMILES string of the molecule is C=CC(=O)OCCC.C=CC(=O)OCCOC(=O)c1cc2ccccc2cc1C(=O)OO.